The summed E-state index contributed by atoms with van der Waals surface area (Å²) in [5.41, 5.74) is -1.08. The van der Waals surface area contributed by atoms with Crippen molar-refractivity contribution in [3.63, 3.8) is 0 Å². The van der Waals surface area contributed by atoms with Crippen molar-refractivity contribution < 1.29 is 31.1 Å². The second kappa shape index (κ2) is 4.97. The molecule has 0 spiro atoms. The summed E-state index contributed by atoms with van der Waals surface area (Å²) in [4.78, 5) is 0. The Labute approximate surface area is 114 Å². The number of ether oxygens (including phenoxy) is 1. The van der Waals surface area contributed by atoms with Gasteiger partial charge in [0.15, 0.2) is 5.69 Å². The van der Waals surface area contributed by atoms with Crippen LogP contribution in [0.4, 0.5) is 26.3 Å². The minimum absolute atomic E-state index is 0.0862. The number of alkyl halides is 6. The Morgan fingerprint density at radius 2 is 1.57 bits per heavy atom. The zero-order valence-corrected chi connectivity index (χ0v) is 10.4. The van der Waals surface area contributed by atoms with Gasteiger partial charge in [0, 0.05) is 11.3 Å². The van der Waals surface area contributed by atoms with Crippen LogP contribution in [0.2, 0.25) is 0 Å². The highest BCUT2D eigenvalue weighted by molar-refractivity contribution is 5.69. The van der Waals surface area contributed by atoms with E-state index in [2.05, 4.69) is 14.9 Å². The maximum absolute atomic E-state index is 12.8. The molecular formula is C12H8F6N2O. The molecule has 0 saturated carbocycles. The number of halogens is 6. The third-order valence-electron chi connectivity index (χ3n) is 2.59. The number of hydrogen-bond donors (Lipinski definition) is 1. The third-order valence-corrected chi connectivity index (χ3v) is 2.59. The van der Waals surface area contributed by atoms with E-state index in [-0.39, 0.29) is 16.8 Å². The highest BCUT2D eigenvalue weighted by Crippen LogP contribution is 2.37. The molecule has 1 heterocycles. The molecule has 1 N–H and O–H groups in total. The van der Waals surface area contributed by atoms with Gasteiger partial charge in [0.05, 0.1) is 0 Å². The van der Waals surface area contributed by atoms with Crippen LogP contribution < -0.4 is 4.74 Å². The molecule has 3 nitrogen and oxygen atoms in total. The van der Waals surface area contributed by atoms with E-state index in [1.807, 2.05) is 0 Å². The quantitative estimate of drug-likeness (QED) is 0.840. The fraction of sp³-hybridized carbons (Fsp3) is 0.250. The van der Waals surface area contributed by atoms with Gasteiger partial charge in [-0.2, -0.15) is 18.3 Å². The van der Waals surface area contributed by atoms with Gasteiger partial charge in [0.25, 0.3) is 0 Å². The average Bonchev–Trinajstić information content (AvgIpc) is 2.70. The van der Waals surface area contributed by atoms with E-state index in [1.165, 1.54) is 6.92 Å². The third kappa shape index (κ3) is 3.47. The van der Waals surface area contributed by atoms with Gasteiger partial charge in [0.1, 0.15) is 5.75 Å². The van der Waals surface area contributed by atoms with Gasteiger partial charge >= 0.3 is 12.5 Å². The normalized spacial score (nSPS) is 12.5. The van der Waals surface area contributed by atoms with E-state index >= 15 is 0 Å². The van der Waals surface area contributed by atoms with Crippen molar-refractivity contribution in [1.82, 2.24) is 10.2 Å². The first kappa shape index (κ1) is 15.2. The van der Waals surface area contributed by atoms with Crippen LogP contribution in [0.15, 0.2) is 24.3 Å². The summed E-state index contributed by atoms with van der Waals surface area (Å²) in [6, 6.07) is 4.09. The lowest BCUT2D eigenvalue weighted by atomic mass is 10.0. The average molecular weight is 310 g/mol. The molecule has 1 aromatic heterocycles. The van der Waals surface area contributed by atoms with E-state index < -0.39 is 24.0 Å². The van der Waals surface area contributed by atoms with Crippen molar-refractivity contribution in [3.05, 3.63) is 35.7 Å². The van der Waals surface area contributed by atoms with Gasteiger partial charge in [-0.25, -0.2) is 0 Å². The molecule has 2 rings (SSSR count). The van der Waals surface area contributed by atoms with Gasteiger partial charge < -0.3 is 4.74 Å². The molecule has 0 amide bonds. The molecule has 0 unspecified atom stereocenters. The first-order valence-electron chi connectivity index (χ1n) is 5.56. The van der Waals surface area contributed by atoms with Crippen LogP contribution >= 0.6 is 0 Å². The first-order valence-corrected chi connectivity index (χ1v) is 5.56. The Morgan fingerprint density at radius 1 is 1.00 bits per heavy atom. The number of benzene rings is 1. The number of aryl methyl sites for hydroxylation is 1. The zero-order valence-electron chi connectivity index (χ0n) is 10.4. The zero-order chi connectivity index (χ0) is 15.8. The Hall–Kier alpha value is -2.19. The second-order valence-electron chi connectivity index (χ2n) is 4.14. The van der Waals surface area contributed by atoms with Crippen molar-refractivity contribution in [3.8, 4) is 16.9 Å². The van der Waals surface area contributed by atoms with E-state index in [0.29, 0.717) is 0 Å². The molecule has 0 radical (unpaired) electrons. The van der Waals surface area contributed by atoms with E-state index in [4.69, 9.17) is 0 Å². The summed E-state index contributed by atoms with van der Waals surface area (Å²) in [6.07, 6.45) is -9.52. The minimum Gasteiger partial charge on any atom is -0.406 e. The van der Waals surface area contributed by atoms with Crippen LogP contribution in [0.3, 0.4) is 0 Å². The van der Waals surface area contributed by atoms with Crippen LogP contribution in [-0.4, -0.2) is 16.6 Å². The molecular weight excluding hydrogens is 302 g/mol. The van der Waals surface area contributed by atoms with Crippen LogP contribution in [0.25, 0.3) is 11.1 Å². The summed E-state index contributed by atoms with van der Waals surface area (Å²) in [6.45, 7) is 1.39. The van der Waals surface area contributed by atoms with Gasteiger partial charge in [-0.05, 0) is 24.6 Å². The molecule has 2 aromatic rings. The standard InChI is InChI=1S/C12H8F6N2O/c1-6-9(10(20-19-6)11(13,14)15)7-2-4-8(5-3-7)21-12(16,17)18/h2-5H,1H3,(H,19,20). The number of aromatic amines is 1. The van der Waals surface area contributed by atoms with Crippen LogP contribution in [-0.2, 0) is 6.18 Å². The SMILES string of the molecule is Cc1[nH]nc(C(F)(F)F)c1-c1ccc(OC(F)(F)F)cc1. The van der Waals surface area contributed by atoms with Crippen molar-refractivity contribution >= 4 is 0 Å². The Morgan fingerprint density at radius 3 is 2.05 bits per heavy atom. The summed E-state index contributed by atoms with van der Waals surface area (Å²) in [7, 11) is 0. The summed E-state index contributed by atoms with van der Waals surface area (Å²) in [5, 5.41) is 5.40. The van der Waals surface area contributed by atoms with Gasteiger partial charge in [-0.15, -0.1) is 13.2 Å². The molecule has 0 aliphatic rings. The molecule has 0 aliphatic carbocycles. The molecule has 1 aromatic carbocycles. The van der Waals surface area contributed by atoms with Gasteiger partial charge in [-0.3, -0.25) is 5.10 Å². The van der Waals surface area contributed by atoms with Gasteiger partial charge in [-0.1, -0.05) is 12.1 Å². The number of hydrogen-bond acceptors (Lipinski definition) is 2. The fourth-order valence-corrected chi connectivity index (χ4v) is 1.81. The van der Waals surface area contributed by atoms with Crippen LogP contribution in [0, 0.1) is 6.92 Å². The lowest BCUT2D eigenvalue weighted by molar-refractivity contribution is -0.274. The summed E-state index contributed by atoms with van der Waals surface area (Å²) in [5.74, 6) is -0.513. The largest absolute Gasteiger partial charge is 0.573 e. The smallest absolute Gasteiger partial charge is 0.406 e. The molecule has 114 valence electrons. The molecule has 9 heteroatoms. The minimum atomic E-state index is -4.86. The number of H-pyrrole nitrogens is 1. The lowest BCUT2D eigenvalue weighted by Gasteiger charge is -2.10. The highest BCUT2D eigenvalue weighted by atomic mass is 19.4. The molecule has 0 bridgehead atoms. The maximum atomic E-state index is 12.8. The van der Waals surface area contributed by atoms with Crippen molar-refractivity contribution in [2.24, 2.45) is 0 Å². The predicted molar refractivity (Wildman–Crippen MR) is 60.4 cm³/mol. The Balaban J connectivity index is 2.38. The number of nitrogens with one attached hydrogen (secondary N) is 1. The van der Waals surface area contributed by atoms with Gasteiger partial charge in [0.2, 0.25) is 0 Å². The highest BCUT2D eigenvalue weighted by Gasteiger charge is 2.38. The summed E-state index contributed by atoms with van der Waals surface area (Å²) < 4.78 is 78.1. The fourth-order valence-electron chi connectivity index (χ4n) is 1.81. The maximum Gasteiger partial charge on any atom is 0.573 e. The van der Waals surface area contributed by atoms with E-state index in [1.54, 1.807) is 0 Å². The molecule has 0 atom stereocenters. The predicted octanol–water partition coefficient (Wildman–Crippen LogP) is 4.30. The molecule has 21 heavy (non-hydrogen) atoms. The second-order valence-corrected chi connectivity index (χ2v) is 4.14. The summed E-state index contributed by atoms with van der Waals surface area (Å²) >= 11 is 0. The van der Waals surface area contributed by atoms with Crippen molar-refractivity contribution in [2.75, 3.05) is 0 Å². The number of aromatic nitrogens is 2. The molecule has 0 aliphatic heterocycles. The lowest BCUT2D eigenvalue weighted by Crippen LogP contribution is -2.16. The van der Waals surface area contributed by atoms with Crippen LogP contribution in [0.5, 0.6) is 5.75 Å². The van der Waals surface area contributed by atoms with Crippen molar-refractivity contribution in [2.45, 2.75) is 19.5 Å². The first-order chi connectivity index (χ1) is 9.58. The molecule has 0 fully saturated rings. The van der Waals surface area contributed by atoms with E-state index in [9.17, 15) is 26.3 Å². The van der Waals surface area contributed by atoms with Crippen LogP contribution in [0.1, 0.15) is 11.4 Å². The number of rotatable bonds is 2. The monoisotopic (exact) mass is 310 g/mol. The van der Waals surface area contributed by atoms with Crippen molar-refractivity contribution in [1.29, 1.82) is 0 Å². The number of nitrogens with zero attached hydrogens (tertiary/aromatic N) is 1. The Kier molecular flexibility index (Phi) is 3.60. The molecule has 0 saturated heterocycles. The topological polar surface area (TPSA) is 37.9 Å². The Bertz CT molecular complexity index is 627. The van der Waals surface area contributed by atoms with E-state index in [0.717, 1.165) is 24.3 Å².